The van der Waals surface area contributed by atoms with Crippen LogP contribution in [0.4, 0.5) is 0 Å². The fourth-order valence-electron chi connectivity index (χ4n) is 12.6. The third kappa shape index (κ3) is 5.07. The summed E-state index contributed by atoms with van der Waals surface area (Å²) in [7, 11) is 0. The van der Waals surface area contributed by atoms with Crippen LogP contribution in [0.15, 0.2) is 0 Å². The van der Waals surface area contributed by atoms with E-state index < -0.39 is 0 Å². The summed E-state index contributed by atoms with van der Waals surface area (Å²) < 4.78 is 15.0. The van der Waals surface area contributed by atoms with Crippen molar-refractivity contribution in [2.24, 2.45) is 52.3 Å². The van der Waals surface area contributed by atoms with Crippen LogP contribution >= 0.6 is 0 Å². The molecule has 38 heavy (non-hydrogen) atoms. The molecule has 0 aromatic rings. The van der Waals surface area contributed by atoms with Crippen LogP contribution in [0, 0.1) is 52.3 Å². The highest BCUT2D eigenvalue weighted by Gasteiger charge is 2.69. The van der Waals surface area contributed by atoms with E-state index in [2.05, 4.69) is 20.8 Å². The van der Waals surface area contributed by atoms with Gasteiger partial charge in [0, 0.05) is 24.5 Å². The second-order valence-corrected chi connectivity index (χ2v) is 16.0. The molecule has 0 N–H and O–H groups in total. The molecule has 8 rings (SSSR count). The molecule has 8 aliphatic carbocycles. The Bertz CT molecular complexity index is 691. The van der Waals surface area contributed by atoms with Crippen LogP contribution < -0.4 is 0 Å². The number of hydrogen-bond donors (Lipinski definition) is 0. The first kappa shape index (κ1) is 28.1. The Morgan fingerprint density at radius 3 is 1.42 bits per heavy atom. The number of unbranched alkanes of at least 4 members (excludes halogenated alkanes) is 5. The minimum Gasteiger partial charge on any atom is -0.349 e. The molecule has 0 radical (unpaired) electrons. The number of hydrogen-bond acceptors (Lipinski definition) is 2. The van der Waals surface area contributed by atoms with Gasteiger partial charge in [-0.2, -0.15) is 0 Å². The zero-order valence-corrected chi connectivity index (χ0v) is 25.6. The summed E-state index contributed by atoms with van der Waals surface area (Å²) in [6, 6.07) is 0. The normalized spacial score (nSPS) is 41.8. The van der Waals surface area contributed by atoms with Crippen LogP contribution in [-0.4, -0.2) is 19.0 Å². The van der Waals surface area contributed by atoms with Gasteiger partial charge < -0.3 is 9.47 Å². The Labute approximate surface area is 236 Å². The van der Waals surface area contributed by atoms with Gasteiger partial charge in [0.15, 0.2) is 5.79 Å². The highest BCUT2D eigenvalue weighted by Crippen LogP contribution is 2.72. The summed E-state index contributed by atoms with van der Waals surface area (Å²) in [5.41, 5.74) is 0.769. The molecule has 1 atom stereocenters. The SMILES string of the molecule is CCCCCCCCC(C12CC3CC(CC(C3)C1)C2)C(OCCC)(OCCC)C12CC3CC(CC(C3)C1)C2. The van der Waals surface area contributed by atoms with Gasteiger partial charge in [0.1, 0.15) is 0 Å². The summed E-state index contributed by atoms with van der Waals surface area (Å²) >= 11 is 0. The molecule has 0 spiro atoms. The van der Waals surface area contributed by atoms with Crippen molar-refractivity contribution in [1.29, 1.82) is 0 Å². The molecule has 2 heteroatoms. The van der Waals surface area contributed by atoms with Crippen LogP contribution in [0.3, 0.4) is 0 Å². The van der Waals surface area contributed by atoms with E-state index in [0.29, 0.717) is 11.3 Å². The van der Waals surface area contributed by atoms with Gasteiger partial charge in [-0.25, -0.2) is 0 Å². The predicted molar refractivity (Wildman–Crippen MR) is 158 cm³/mol. The first-order valence-electron chi connectivity index (χ1n) is 17.8. The topological polar surface area (TPSA) is 18.5 Å². The standard InChI is InChI=1S/C36H62O2/c1-4-7-8-9-10-11-12-33(34-21-27-15-28(22-34)17-29(16-27)23-34)36(37-13-5-2,38-14-6-3)35-24-30-18-31(25-35)20-32(19-30)26-35/h27-33H,4-26H2,1-3H3. The average molecular weight is 527 g/mol. The van der Waals surface area contributed by atoms with E-state index in [4.69, 9.17) is 9.47 Å². The molecule has 0 aromatic carbocycles. The number of rotatable bonds is 16. The van der Waals surface area contributed by atoms with Crippen molar-refractivity contribution in [3.63, 3.8) is 0 Å². The van der Waals surface area contributed by atoms with Crippen molar-refractivity contribution in [2.45, 2.75) is 161 Å². The van der Waals surface area contributed by atoms with Crippen molar-refractivity contribution >= 4 is 0 Å². The molecule has 8 saturated carbocycles. The quantitative estimate of drug-likeness (QED) is 0.147. The minimum absolute atomic E-state index is 0.280. The van der Waals surface area contributed by atoms with Crippen molar-refractivity contribution in [3.8, 4) is 0 Å². The van der Waals surface area contributed by atoms with Crippen LogP contribution in [-0.2, 0) is 9.47 Å². The number of ether oxygens (including phenoxy) is 2. The van der Waals surface area contributed by atoms with Crippen LogP contribution in [0.25, 0.3) is 0 Å². The lowest BCUT2D eigenvalue weighted by atomic mass is 9.40. The van der Waals surface area contributed by atoms with E-state index in [1.54, 1.807) is 0 Å². The highest BCUT2D eigenvalue weighted by molar-refractivity contribution is 5.15. The van der Waals surface area contributed by atoms with Gasteiger partial charge >= 0.3 is 0 Å². The average Bonchev–Trinajstić information content (AvgIpc) is 2.87. The molecule has 8 bridgehead atoms. The minimum atomic E-state index is -0.329. The van der Waals surface area contributed by atoms with E-state index >= 15 is 0 Å². The van der Waals surface area contributed by atoms with E-state index in [9.17, 15) is 0 Å². The summed E-state index contributed by atoms with van der Waals surface area (Å²) in [5, 5.41) is 0. The van der Waals surface area contributed by atoms with Gasteiger partial charge in [0.25, 0.3) is 0 Å². The zero-order chi connectivity index (χ0) is 26.2. The lowest BCUT2D eigenvalue weighted by molar-refractivity contribution is -0.376. The lowest BCUT2D eigenvalue weighted by Crippen LogP contribution is -2.68. The Morgan fingerprint density at radius 1 is 0.553 bits per heavy atom. The maximum Gasteiger partial charge on any atom is 0.177 e. The van der Waals surface area contributed by atoms with E-state index in [-0.39, 0.29) is 11.2 Å². The van der Waals surface area contributed by atoms with Gasteiger partial charge in [-0.15, -0.1) is 0 Å². The molecule has 0 saturated heterocycles. The van der Waals surface area contributed by atoms with Crippen molar-refractivity contribution in [2.75, 3.05) is 13.2 Å². The van der Waals surface area contributed by atoms with Gasteiger partial charge in [0.05, 0.1) is 0 Å². The summed E-state index contributed by atoms with van der Waals surface area (Å²) in [4.78, 5) is 0. The lowest BCUT2D eigenvalue weighted by Gasteiger charge is -2.69. The summed E-state index contributed by atoms with van der Waals surface area (Å²) in [6.07, 6.45) is 29.9. The molecule has 2 nitrogen and oxygen atoms in total. The van der Waals surface area contributed by atoms with Gasteiger partial charge in [0.2, 0.25) is 0 Å². The van der Waals surface area contributed by atoms with Gasteiger partial charge in [-0.3, -0.25) is 0 Å². The Kier molecular flexibility index (Phi) is 8.61. The molecule has 8 aliphatic rings. The first-order valence-corrected chi connectivity index (χ1v) is 17.8. The molecule has 8 fully saturated rings. The van der Waals surface area contributed by atoms with E-state index in [1.165, 1.54) is 122 Å². The van der Waals surface area contributed by atoms with Crippen molar-refractivity contribution in [1.82, 2.24) is 0 Å². The molecule has 1 unspecified atom stereocenters. The monoisotopic (exact) mass is 526 g/mol. The Morgan fingerprint density at radius 2 is 0.974 bits per heavy atom. The van der Waals surface area contributed by atoms with Crippen LogP contribution in [0.2, 0.25) is 0 Å². The van der Waals surface area contributed by atoms with E-state index in [1.807, 2.05) is 0 Å². The predicted octanol–water partition coefficient (Wildman–Crippen LogP) is 10.3. The van der Waals surface area contributed by atoms with Crippen molar-refractivity contribution in [3.05, 3.63) is 0 Å². The molecule has 0 aliphatic heterocycles. The van der Waals surface area contributed by atoms with Gasteiger partial charge in [-0.1, -0.05) is 59.3 Å². The fraction of sp³-hybridized carbons (Fsp3) is 1.00. The molecule has 0 aromatic heterocycles. The zero-order valence-electron chi connectivity index (χ0n) is 25.6. The molecular formula is C36H62O2. The van der Waals surface area contributed by atoms with Gasteiger partial charge in [-0.05, 0) is 137 Å². The molecule has 0 heterocycles. The maximum atomic E-state index is 7.49. The summed E-state index contributed by atoms with van der Waals surface area (Å²) in [6.45, 7) is 8.80. The maximum absolute atomic E-state index is 7.49. The largest absolute Gasteiger partial charge is 0.349 e. The summed E-state index contributed by atoms with van der Waals surface area (Å²) in [5.74, 6) is 6.12. The second-order valence-electron chi connectivity index (χ2n) is 16.0. The molecular weight excluding hydrogens is 464 g/mol. The van der Waals surface area contributed by atoms with Crippen LogP contribution in [0.5, 0.6) is 0 Å². The third-order valence-electron chi connectivity index (χ3n) is 12.9. The smallest absolute Gasteiger partial charge is 0.177 e. The molecule has 218 valence electrons. The Balaban J connectivity index is 1.38. The van der Waals surface area contributed by atoms with E-state index in [0.717, 1.165) is 61.6 Å². The first-order chi connectivity index (χ1) is 18.5. The highest BCUT2D eigenvalue weighted by atomic mass is 16.7. The Hall–Kier alpha value is -0.0800. The molecule has 0 amide bonds. The van der Waals surface area contributed by atoms with Crippen LogP contribution in [0.1, 0.15) is 156 Å². The second kappa shape index (κ2) is 11.7. The fourth-order valence-corrected chi connectivity index (χ4v) is 12.6. The van der Waals surface area contributed by atoms with Crippen molar-refractivity contribution < 1.29 is 9.47 Å². The third-order valence-corrected chi connectivity index (χ3v) is 12.9.